The maximum absolute atomic E-state index is 12.9. The van der Waals surface area contributed by atoms with Gasteiger partial charge in [0, 0.05) is 34.6 Å². The van der Waals surface area contributed by atoms with Gasteiger partial charge < -0.3 is 0 Å². The van der Waals surface area contributed by atoms with Gasteiger partial charge in [0.05, 0.1) is 23.1 Å². The fourth-order valence-corrected chi connectivity index (χ4v) is 4.39. The normalized spacial score (nSPS) is 15.5. The molecule has 1 atom stereocenters. The molecule has 0 aliphatic carbocycles. The van der Waals surface area contributed by atoms with Gasteiger partial charge in [-0.1, -0.05) is 83.5 Å². The van der Waals surface area contributed by atoms with Gasteiger partial charge in [-0.2, -0.15) is 10.2 Å². The van der Waals surface area contributed by atoms with Crippen molar-refractivity contribution in [3.05, 3.63) is 107 Å². The van der Waals surface area contributed by atoms with Crippen LogP contribution in [0.3, 0.4) is 0 Å². The fourth-order valence-electron chi connectivity index (χ4n) is 4.13. The van der Waals surface area contributed by atoms with Crippen LogP contribution < -0.4 is 0 Å². The molecule has 1 unspecified atom stereocenters. The summed E-state index contributed by atoms with van der Waals surface area (Å²) in [5, 5.41) is 11.4. The van der Waals surface area contributed by atoms with Crippen LogP contribution in [0.4, 0.5) is 0 Å². The molecule has 33 heavy (non-hydrogen) atoms. The topological polar surface area (TPSA) is 50.5 Å². The molecule has 4 aromatic rings. The Labute approximate surface area is 201 Å². The first-order valence-corrected chi connectivity index (χ1v) is 11.8. The zero-order valence-corrected chi connectivity index (χ0v) is 19.8. The number of para-hydroxylation sites is 1. The van der Waals surface area contributed by atoms with E-state index in [1.165, 1.54) is 0 Å². The highest BCUT2D eigenvalue weighted by Gasteiger charge is 2.35. The summed E-state index contributed by atoms with van der Waals surface area (Å²) >= 11 is 3.49. The SMILES string of the molecule is CCC(=O)N1N=C(c2ccc(Br)cc2)CC1c1cn(-c2ccccc2)nc1-c1ccccc1. The fraction of sp³-hybridized carbons (Fsp3) is 0.148. The molecule has 0 N–H and O–H groups in total. The Hall–Kier alpha value is -3.51. The predicted octanol–water partition coefficient (Wildman–Crippen LogP) is 6.39. The molecule has 5 rings (SSSR count). The monoisotopic (exact) mass is 498 g/mol. The number of nitrogens with zero attached hydrogens (tertiary/aromatic N) is 4. The molecular weight excluding hydrogens is 476 g/mol. The standard InChI is InChI=1S/C27H23BrN4O/c1-2-26(33)32-25(17-24(29-32)19-13-15-21(28)16-14-19)23-18-31(22-11-7-4-8-12-22)30-27(23)20-9-5-3-6-10-20/h3-16,18,25H,2,17H2,1H3. The summed E-state index contributed by atoms with van der Waals surface area (Å²) in [5.74, 6) is -0.00131. The minimum absolute atomic E-state index is 0.00131. The summed E-state index contributed by atoms with van der Waals surface area (Å²) in [4.78, 5) is 12.9. The second-order valence-electron chi connectivity index (χ2n) is 7.94. The molecule has 3 aromatic carbocycles. The molecular formula is C27H23BrN4O. The molecule has 1 aliphatic heterocycles. The first-order valence-electron chi connectivity index (χ1n) is 11.0. The van der Waals surface area contributed by atoms with E-state index in [4.69, 9.17) is 10.2 Å². The van der Waals surface area contributed by atoms with Gasteiger partial charge in [-0.3, -0.25) is 4.79 Å². The molecule has 1 amide bonds. The van der Waals surface area contributed by atoms with Crippen molar-refractivity contribution in [1.29, 1.82) is 0 Å². The first kappa shape index (κ1) is 21.3. The zero-order chi connectivity index (χ0) is 22.8. The van der Waals surface area contributed by atoms with Crippen LogP contribution >= 0.6 is 15.9 Å². The zero-order valence-electron chi connectivity index (χ0n) is 18.2. The second kappa shape index (κ2) is 9.16. The van der Waals surface area contributed by atoms with Crippen LogP contribution in [-0.4, -0.2) is 26.4 Å². The highest BCUT2D eigenvalue weighted by Crippen LogP contribution is 2.38. The number of carbonyl (C=O) groups is 1. The number of benzene rings is 3. The largest absolute Gasteiger partial charge is 0.273 e. The molecule has 0 saturated carbocycles. The quantitative estimate of drug-likeness (QED) is 0.320. The van der Waals surface area contributed by atoms with E-state index in [0.29, 0.717) is 12.8 Å². The number of aromatic nitrogens is 2. The molecule has 0 spiro atoms. The number of hydrogen-bond donors (Lipinski definition) is 0. The number of hydrogen-bond acceptors (Lipinski definition) is 3. The van der Waals surface area contributed by atoms with Gasteiger partial charge in [0.15, 0.2) is 0 Å². The van der Waals surface area contributed by atoms with Gasteiger partial charge in [0.1, 0.15) is 0 Å². The molecule has 2 heterocycles. The molecule has 5 nitrogen and oxygen atoms in total. The van der Waals surface area contributed by atoms with E-state index in [2.05, 4.69) is 28.1 Å². The van der Waals surface area contributed by atoms with Crippen molar-refractivity contribution >= 4 is 27.5 Å². The lowest BCUT2D eigenvalue weighted by Gasteiger charge is -2.21. The van der Waals surface area contributed by atoms with Crippen LogP contribution in [0.5, 0.6) is 0 Å². The van der Waals surface area contributed by atoms with Crippen molar-refractivity contribution in [3.8, 4) is 16.9 Å². The molecule has 164 valence electrons. The number of rotatable bonds is 5. The summed E-state index contributed by atoms with van der Waals surface area (Å²) in [7, 11) is 0. The predicted molar refractivity (Wildman–Crippen MR) is 134 cm³/mol. The third-order valence-electron chi connectivity index (χ3n) is 5.82. The minimum atomic E-state index is -0.219. The van der Waals surface area contributed by atoms with E-state index in [1.807, 2.05) is 90.6 Å². The van der Waals surface area contributed by atoms with Crippen molar-refractivity contribution in [3.63, 3.8) is 0 Å². The Balaban J connectivity index is 1.61. The third-order valence-corrected chi connectivity index (χ3v) is 6.34. The molecule has 0 radical (unpaired) electrons. The lowest BCUT2D eigenvalue weighted by molar-refractivity contribution is -0.132. The second-order valence-corrected chi connectivity index (χ2v) is 8.86. The van der Waals surface area contributed by atoms with Crippen LogP contribution in [0.2, 0.25) is 0 Å². The van der Waals surface area contributed by atoms with E-state index in [1.54, 1.807) is 5.01 Å². The van der Waals surface area contributed by atoms with E-state index in [0.717, 1.165) is 38.3 Å². The molecule has 1 aromatic heterocycles. The third kappa shape index (κ3) is 4.26. The number of amides is 1. The van der Waals surface area contributed by atoms with Crippen LogP contribution in [-0.2, 0) is 4.79 Å². The van der Waals surface area contributed by atoms with Gasteiger partial charge in [-0.05, 0) is 29.8 Å². The van der Waals surface area contributed by atoms with Crippen molar-refractivity contribution in [2.75, 3.05) is 0 Å². The Morgan fingerprint density at radius 2 is 1.61 bits per heavy atom. The van der Waals surface area contributed by atoms with Gasteiger partial charge in [-0.25, -0.2) is 9.69 Å². The Kier molecular flexibility index (Phi) is 5.92. The summed E-state index contributed by atoms with van der Waals surface area (Å²) in [6.45, 7) is 1.87. The highest BCUT2D eigenvalue weighted by molar-refractivity contribution is 9.10. The lowest BCUT2D eigenvalue weighted by atomic mass is 9.96. The maximum Gasteiger partial charge on any atom is 0.242 e. The molecule has 0 saturated heterocycles. The van der Waals surface area contributed by atoms with Crippen LogP contribution in [0.25, 0.3) is 16.9 Å². The minimum Gasteiger partial charge on any atom is -0.273 e. The van der Waals surface area contributed by atoms with E-state index in [-0.39, 0.29) is 11.9 Å². The lowest BCUT2D eigenvalue weighted by Crippen LogP contribution is -2.26. The average Bonchev–Trinajstić information content (AvgIpc) is 3.50. The number of hydrazone groups is 1. The average molecular weight is 499 g/mol. The number of carbonyl (C=O) groups excluding carboxylic acids is 1. The summed E-state index contributed by atoms with van der Waals surface area (Å²) in [6, 6.07) is 28.0. The molecule has 0 fully saturated rings. The maximum atomic E-state index is 12.9. The summed E-state index contributed by atoms with van der Waals surface area (Å²) in [6.07, 6.45) is 3.06. The first-order chi connectivity index (χ1) is 16.1. The molecule has 1 aliphatic rings. The van der Waals surface area contributed by atoms with Crippen LogP contribution in [0.15, 0.2) is 101 Å². The Morgan fingerprint density at radius 3 is 2.27 bits per heavy atom. The van der Waals surface area contributed by atoms with Crippen molar-refractivity contribution in [2.24, 2.45) is 5.10 Å². The Bertz CT molecular complexity index is 1300. The smallest absolute Gasteiger partial charge is 0.242 e. The van der Waals surface area contributed by atoms with Crippen LogP contribution in [0.1, 0.15) is 36.9 Å². The van der Waals surface area contributed by atoms with Crippen molar-refractivity contribution in [2.45, 2.75) is 25.8 Å². The van der Waals surface area contributed by atoms with Gasteiger partial charge >= 0.3 is 0 Å². The van der Waals surface area contributed by atoms with Crippen molar-refractivity contribution in [1.82, 2.24) is 14.8 Å². The molecule has 0 bridgehead atoms. The van der Waals surface area contributed by atoms with Crippen molar-refractivity contribution < 1.29 is 4.79 Å². The Morgan fingerprint density at radius 1 is 0.939 bits per heavy atom. The highest BCUT2D eigenvalue weighted by atomic mass is 79.9. The molecule has 6 heteroatoms. The van der Waals surface area contributed by atoms with Gasteiger partial charge in [0.2, 0.25) is 5.91 Å². The van der Waals surface area contributed by atoms with E-state index in [9.17, 15) is 4.79 Å². The van der Waals surface area contributed by atoms with E-state index >= 15 is 0 Å². The van der Waals surface area contributed by atoms with E-state index < -0.39 is 0 Å². The summed E-state index contributed by atoms with van der Waals surface area (Å²) < 4.78 is 2.91. The van der Waals surface area contributed by atoms with Crippen LogP contribution in [0, 0.1) is 0 Å². The number of halogens is 1. The van der Waals surface area contributed by atoms with Gasteiger partial charge in [0.25, 0.3) is 0 Å². The van der Waals surface area contributed by atoms with Gasteiger partial charge in [-0.15, -0.1) is 0 Å². The summed E-state index contributed by atoms with van der Waals surface area (Å²) in [5.41, 5.74) is 5.77.